The molecule has 3 rings (SSSR count). The summed E-state index contributed by atoms with van der Waals surface area (Å²) in [5, 5.41) is 3.57. The molecule has 2 amide bonds. The molecule has 2 aromatic rings. The van der Waals surface area contributed by atoms with E-state index in [0.29, 0.717) is 45.5 Å². The highest BCUT2D eigenvalue weighted by molar-refractivity contribution is 6.36. The van der Waals surface area contributed by atoms with Crippen molar-refractivity contribution in [1.29, 1.82) is 0 Å². The van der Waals surface area contributed by atoms with Crippen LogP contribution in [0.2, 0.25) is 10.0 Å². The van der Waals surface area contributed by atoms with Crippen LogP contribution in [0, 0.1) is 6.92 Å². The average molecular weight is 437 g/mol. The number of aryl methyl sites for hydroxylation is 1. The summed E-state index contributed by atoms with van der Waals surface area (Å²) in [4.78, 5) is 30.9. The van der Waals surface area contributed by atoms with Crippen LogP contribution < -0.4 is 11.1 Å². The van der Waals surface area contributed by atoms with E-state index in [1.165, 1.54) is 0 Å². The third-order valence-corrected chi connectivity index (χ3v) is 5.30. The van der Waals surface area contributed by atoms with Crippen LogP contribution in [0.1, 0.15) is 34.2 Å². The average Bonchev–Trinajstić information content (AvgIpc) is 2.96. The van der Waals surface area contributed by atoms with Crippen LogP contribution in [0.5, 0.6) is 0 Å². The van der Waals surface area contributed by atoms with Crippen LogP contribution >= 0.6 is 23.2 Å². The third-order valence-electron chi connectivity index (χ3n) is 4.75. The van der Waals surface area contributed by atoms with Gasteiger partial charge in [0.25, 0.3) is 5.91 Å². The van der Waals surface area contributed by atoms with E-state index in [9.17, 15) is 9.59 Å². The first-order chi connectivity index (χ1) is 13.9. The molecule has 0 aliphatic carbocycles. The topological polar surface area (TPSA) is 97.6 Å². The molecule has 7 nitrogen and oxygen atoms in total. The molecular weight excluding hydrogens is 415 g/mol. The van der Waals surface area contributed by atoms with Crippen LogP contribution in [-0.4, -0.2) is 41.6 Å². The highest BCUT2D eigenvalue weighted by atomic mass is 35.5. The summed E-state index contributed by atoms with van der Waals surface area (Å²) in [5.41, 5.74) is 10.1. The van der Waals surface area contributed by atoms with Crippen LogP contribution in [0.3, 0.4) is 0 Å². The van der Waals surface area contributed by atoms with Gasteiger partial charge < -0.3 is 20.7 Å². The van der Waals surface area contributed by atoms with Crippen LogP contribution in [0.25, 0.3) is 11.1 Å². The number of ether oxygens (including phenoxy) is 1. The van der Waals surface area contributed by atoms with Gasteiger partial charge in [-0.2, -0.15) is 0 Å². The lowest BCUT2D eigenvalue weighted by molar-refractivity contribution is 0.0777. The number of rotatable bonds is 6. The second-order valence-electron chi connectivity index (χ2n) is 6.57. The first-order valence-corrected chi connectivity index (χ1v) is 10.0. The van der Waals surface area contributed by atoms with E-state index in [1.54, 1.807) is 30.0 Å². The Kier molecular flexibility index (Phi) is 6.62. The zero-order chi connectivity index (χ0) is 21.1. The monoisotopic (exact) mass is 436 g/mol. The highest BCUT2D eigenvalue weighted by Gasteiger charge is 2.34. The second kappa shape index (κ2) is 8.98. The van der Waals surface area contributed by atoms with E-state index in [-0.39, 0.29) is 25.6 Å². The van der Waals surface area contributed by atoms with Crippen LogP contribution in [0.15, 0.2) is 18.2 Å². The number of pyridine rings is 1. The Labute approximate surface area is 179 Å². The Bertz CT molecular complexity index is 965. The zero-order valence-corrected chi connectivity index (χ0v) is 17.7. The smallest absolute Gasteiger partial charge is 0.407 e. The van der Waals surface area contributed by atoms with Crippen molar-refractivity contribution in [2.75, 3.05) is 19.7 Å². The van der Waals surface area contributed by atoms with Crippen LogP contribution in [-0.2, 0) is 17.8 Å². The molecule has 1 aliphatic rings. The number of aromatic nitrogens is 1. The number of benzene rings is 1. The molecule has 0 saturated carbocycles. The summed E-state index contributed by atoms with van der Waals surface area (Å²) in [5.74, 6) is -0.172. The molecule has 0 bridgehead atoms. The molecule has 1 aliphatic heterocycles. The Morgan fingerprint density at radius 1 is 1.34 bits per heavy atom. The molecular formula is C20H22Cl2N4O3. The lowest BCUT2D eigenvalue weighted by Gasteiger charge is -2.17. The van der Waals surface area contributed by atoms with Gasteiger partial charge in [-0.25, -0.2) is 4.79 Å². The standard InChI is InChI=1S/C20H22Cl2N4O3/c1-3-29-20(28)24-6-7-26-10-16-18(19(26)27)17(14(9-23)11(2)25-16)13-5-4-12(21)8-15(13)22/h4-5,8H,3,6-7,9-10,23H2,1-2H3,(H,24,28). The van der Waals surface area contributed by atoms with Crippen molar-refractivity contribution in [1.82, 2.24) is 15.2 Å². The number of carbonyl (C=O) groups excluding carboxylic acids is 2. The minimum atomic E-state index is -0.510. The van der Waals surface area contributed by atoms with Crippen LogP contribution in [0.4, 0.5) is 4.79 Å². The second-order valence-corrected chi connectivity index (χ2v) is 7.42. The molecule has 0 fully saturated rings. The van der Waals surface area contributed by atoms with Gasteiger partial charge in [-0.3, -0.25) is 9.78 Å². The van der Waals surface area contributed by atoms with Crippen molar-refractivity contribution in [3.05, 3.63) is 50.8 Å². The van der Waals surface area contributed by atoms with E-state index < -0.39 is 6.09 Å². The van der Waals surface area contributed by atoms with Gasteiger partial charge >= 0.3 is 6.09 Å². The third kappa shape index (κ3) is 4.32. The first kappa shape index (κ1) is 21.4. The van der Waals surface area contributed by atoms with Gasteiger partial charge in [0.2, 0.25) is 0 Å². The summed E-state index contributed by atoms with van der Waals surface area (Å²) in [6.07, 6.45) is -0.510. The quantitative estimate of drug-likeness (QED) is 0.721. The van der Waals surface area contributed by atoms with E-state index in [4.69, 9.17) is 33.7 Å². The Hall–Kier alpha value is -2.35. The largest absolute Gasteiger partial charge is 0.450 e. The van der Waals surface area contributed by atoms with Crippen molar-refractivity contribution in [2.24, 2.45) is 5.73 Å². The van der Waals surface area contributed by atoms with Crippen molar-refractivity contribution in [2.45, 2.75) is 26.9 Å². The van der Waals surface area contributed by atoms with Crippen molar-refractivity contribution < 1.29 is 14.3 Å². The number of amides is 2. The number of alkyl carbamates (subject to hydrolysis) is 1. The van der Waals surface area contributed by atoms with E-state index in [2.05, 4.69) is 10.3 Å². The first-order valence-electron chi connectivity index (χ1n) is 9.25. The van der Waals surface area contributed by atoms with Gasteiger partial charge in [0.05, 0.1) is 24.4 Å². The maximum Gasteiger partial charge on any atom is 0.407 e. The van der Waals surface area contributed by atoms with Crippen molar-refractivity contribution in [3.63, 3.8) is 0 Å². The molecule has 0 saturated heterocycles. The Morgan fingerprint density at radius 3 is 2.76 bits per heavy atom. The molecule has 154 valence electrons. The summed E-state index contributed by atoms with van der Waals surface area (Å²) < 4.78 is 4.84. The minimum absolute atomic E-state index is 0.172. The summed E-state index contributed by atoms with van der Waals surface area (Å²) >= 11 is 12.5. The number of nitrogens with two attached hydrogens (primary N) is 1. The number of hydrogen-bond acceptors (Lipinski definition) is 5. The van der Waals surface area contributed by atoms with Gasteiger partial charge in [-0.1, -0.05) is 29.3 Å². The van der Waals surface area contributed by atoms with Gasteiger partial charge in [0.1, 0.15) is 0 Å². The molecule has 1 aromatic heterocycles. The lowest BCUT2D eigenvalue weighted by atomic mass is 9.93. The maximum atomic E-state index is 13.2. The number of halogens is 2. The zero-order valence-electron chi connectivity index (χ0n) is 16.2. The molecule has 0 spiro atoms. The fraction of sp³-hybridized carbons (Fsp3) is 0.350. The predicted molar refractivity (Wildman–Crippen MR) is 112 cm³/mol. The molecule has 3 N–H and O–H groups in total. The van der Waals surface area contributed by atoms with Gasteiger partial charge in [-0.15, -0.1) is 0 Å². The molecule has 9 heteroatoms. The SMILES string of the molecule is CCOC(=O)NCCN1Cc2nc(C)c(CN)c(-c3ccc(Cl)cc3Cl)c2C1=O. The molecule has 29 heavy (non-hydrogen) atoms. The predicted octanol–water partition coefficient (Wildman–Crippen LogP) is 3.52. The fourth-order valence-electron chi connectivity index (χ4n) is 3.45. The molecule has 0 atom stereocenters. The number of nitrogens with one attached hydrogen (secondary N) is 1. The number of hydrogen-bond donors (Lipinski definition) is 2. The molecule has 0 unspecified atom stereocenters. The minimum Gasteiger partial charge on any atom is -0.450 e. The summed E-state index contributed by atoms with van der Waals surface area (Å²) in [6.45, 7) is 5.06. The molecule has 1 aromatic carbocycles. The Morgan fingerprint density at radius 2 is 2.10 bits per heavy atom. The molecule has 0 radical (unpaired) electrons. The lowest BCUT2D eigenvalue weighted by Crippen LogP contribution is -2.35. The Balaban J connectivity index is 1.96. The fourth-order valence-corrected chi connectivity index (χ4v) is 3.96. The summed E-state index contributed by atoms with van der Waals surface area (Å²) in [6, 6.07) is 5.16. The van der Waals surface area contributed by atoms with Gasteiger partial charge in [0, 0.05) is 46.5 Å². The van der Waals surface area contributed by atoms with Crippen molar-refractivity contribution in [3.8, 4) is 11.1 Å². The normalized spacial score (nSPS) is 12.9. The molecule has 2 heterocycles. The van der Waals surface area contributed by atoms with E-state index in [0.717, 1.165) is 11.3 Å². The van der Waals surface area contributed by atoms with E-state index >= 15 is 0 Å². The van der Waals surface area contributed by atoms with Crippen molar-refractivity contribution >= 4 is 35.2 Å². The number of nitrogens with zero attached hydrogens (tertiary/aromatic N) is 2. The highest BCUT2D eigenvalue weighted by Crippen LogP contribution is 2.39. The van der Waals surface area contributed by atoms with E-state index in [1.807, 2.05) is 6.92 Å². The number of fused-ring (bicyclic) bond motifs is 1. The summed E-state index contributed by atoms with van der Waals surface area (Å²) in [7, 11) is 0. The number of carbonyl (C=O) groups is 2. The van der Waals surface area contributed by atoms with Gasteiger partial charge in [-0.05, 0) is 31.5 Å². The maximum absolute atomic E-state index is 13.2. The van der Waals surface area contributed by atoms with Gasteiger partial charge in [0.15, 0.2) is 0 Å².